The Morgan fingerprint density at radius 2 is 1.89 bits per heavy atom. The summed E-state index contributed by atoms with van der Waals surface area (Å²) in [5.74, 6) is 0.387. The van der Waals surface area contributed by atoms with E-state index in [-0.39, 0.29) is 11.7 Å². The maximum absolute atomic E-state index is 14.0. The van der Waals surface area contributed by atoms with Crippen LogP contribution in [0.1, 0.15) is 17.9 Å². The summed E-state index contributed by atoms with van der Waals surface area (Å²) in [6.07, 6.45) is 0.852. The fourth-order valence-corrected chi connectivity index (χ4v) is 3.68. The summed E-state index contributed by atoms with van der Waals surface area (Å²) in [6.45, 7) is 3.09. The number of piperazine rings is 1. The van der Waals surface area contributed by atoms with Crippen LogP contribution in [-0.4, -0.2) is 46.9 Å². The molecule has 2 heterocycles. The summed E-state index contributed by atoms with van der Waals surface area (Å²) < 4.78 is 19.6. The molecule has 0 atom stereocenters. The third-order valence-corrected chi connectivity index (χ3v) is 5.41. The molecule has 0 bridgehead atoms. The lowest BCUT2D eigenvalue weighted by molar-refractivity contribution is -0.133. The van der Waals surface area contributed by atoms with Gasteiger partial charge in [-0.1, -0.05) is 29.8 Å². The molecule has 3 aromatic rings. The lowest BCUT2D eigenvalue weighted by atomic mass is 10.1. The van der Waals surface area contributed by atoms with E-state index in [1.54, 1.807) is 12.1 Å². The standard InChI is InChI=1S/C21H21ClFN3O2/c22-16-4-3-5-17(23)15(16)14-25-10-12-26(13-11-25)21(27)9-8-20-24-18-6-1-2-7-19(18)28-20/h1-7H,8-14H2. The number of aromatic nitrogens is 1. The first-order valence-corrected chi connectivity index (χ1v) is 9.75. The Morgan fingerprint density at radius 1 is 1.11 bits per heavy atom. The quantitative estimate of drug-likeness (QED) is 0.650. The number of amides is 1. The maximum Gasteiger partial charge on any atom is 0.223 e. The molecule has 7 heteroatoms. The van der Waals surface area contributed by atoms with Gasteiger partial charge in [0, 0.05) is 56.2 Å². The SMILES string of the molecule is O=C(CCc1nc2ccccc2o1)N1CCN(Cc2c(F)cccc2Cl)CC1. The molecule has 28 heavy (non-hydrogen) atoms. The Morgan fingerprint density at radius 3 is 2.64 bits per heavy atom. The van der Waals surface area contributed by atoms with Crippen molar-refractivity contribution in [3.63, 3.8) is 0 Å². The fraction of sp³-hybridized carbons (Fsp3) is 0.333. The van der Waals surface area contributed by atoms with Crippen molar-refractivity contribution in [3.05, 3.63) is 64.8 Å². The lowest BCUT2D eigenvalue weighted by Crippen LogP contribution is -2.48. The van der Waals surface area contributed by atoms with Crippen molar-refractivity contribution in [2.45, 2.75) is 19.4 Å². The average Bonchev–Trinajstić information content (AvgIpc) is 3.12. The summed E-state index contributed by atoms with van der Waals surface area (Å²) in [5, 5.41) is 0.442. The highest BCUT2D eigenvalue weighted by Gasteiger charge is 2.22. The number of benzene rings is 2. The van der Waals surface area contributed by atoms with Gasteiger partial charge < -0.3 is 9.32 Å². The number of carbonyl (C=O) groups excluding carboxylic acids is 1. The van der Waals surface area contributed by atoms with Gasteiger partial charge in [0.1, 0.15) is 11.3 Å². The van der Waals surface area contributed by atoms with Gasteiger partial charge in [0.15, 0.2) is 11.5 Å². The Balaban J connectivity index is 1.28. The molecule has 1 saturated heterocycles. The van der Waals surface area contributed by atoms with E-state index >= 15 is 0 Å². The third-order valence-electron chi connectivity index (χ3n) is 5.06. The highest BCUT2D eigenvalue weighted by atomic mass is 35.5. The number of carbonyl (C=O) groups is 1. The predicted octanol–water partition coefficient (Wildman–Crippen LogP) is 3.90. The fourth-order valence-electron chi connectivity index (χ4n) is 3.46. The molecule has 0 N–H and O–H groups in total. The van der Waals surface area contributed by atoms with Crippen LogP contribution in [-0.2, 0) is 17.8 Å². The van der Waals surface area contributed by atoms with E-state index in [9.17, 15) is 9.18 Å². The average molecular weight is 402 g/mol. The minimum atomic E-state index is -0.288. The van der Waals surface area contributed by atoms with E-state index in [0.717, 1.165) is 11.1 Å². The van der Waals surface area contributed by atoms with E-state index in [2.05, 4.69) is 9.88 Å². The normalized spacial score (nSPS) is 15.3. The molecule has 1 fully saturated rings. The minimum Gasteiger partial charge on any atom is -0.441 e. The minimum absolute atomic E-state index is 0.0887. The number of fused-ring (bicyclic) bond motifs is 1. The highest BCUT2D eigenvalue weighted by molar-refractivity contribution is 6.31. The Kier molecular flexibility index (Phi) is 5.59. The number of para-hydroxylation sites is 2. The first-order chi connectivity index (χ1) is 13.6. The molecule has 0 aliphatic carbocycles. The van der Waals surface area contributed by atoms with Gasteiger partial charge in [-0.05, 0) is 24.3 Å². The molecule has 0 unspecified atom stereocenters. The molecule has 146 valence electrons. The Hall–Kier alpha value is -2.44. The number of aryl methyl sites for hydroxylation is 1. The molecule has 0 saturated carbocycles. The van der Waals surface area contributed by atoms with E-state index < -0.39 is 0 Å². The van der Waals surface area contributed by atoms with Gasteiger partial charge in [-0.2, -0.15) is 0 Å². The summed E-state index contributed by atoms with van der Waals surface area (Å²) in [5.41, 5.74) is 2.07. The van der Waals surface area contributed by atoms with Crippen LogP contribution in [0.25, 0.3) is 11.1 Å². The first-order valence-electron chi connectivity index (χ1n) is 9.37. The number of oxazole rings is 1. The molecular weight excluding hydrogens is 381 g/mol. The van der Waals surface area contributed by atoms with Gasteiger partial charge in [-0.15, -0.1) is 0 Å². The molecule has 4 rings (SSSR count). The molecule has 1 aliphatic rings. The van der Waals surface area contributed by atoms with E-state index in [1.807, 2.05) is 29.2 Å². The van der Waals surface area contributed by atoms with Gasteiger partial charge in [0.2, 0.25) is 5.91 Å². The van der Waals surface area contributed by atoms with E-state index in [4.69, 9.17) is 16.0 Å². The van der Waals surface area contributed by atoms with Crippen LogP contribution in [0.2, 0.25) is 5.02 Å². The zero-order valence-electron chi connectivity index (χ0n) is 15.4. The monoisotopic (exact) mass is 401 g/mol. The zero-order valence-corrected chi connectivity index (χ0v) is 16.2. The van der Waals surface area contributed by atoms with Crippen molar-refractivity contribution in [2.24, 2.45) is 0 Å². The second-order valence-corrected chi connectivity index (χ2v) is 7.34. The smallest absolute Gasteiger partial charge is 0.223 e. The van der Waals surface area contributed by atoms with Crippen molar-refractivity contribution in [3.8, 4) is 0 Å². The van der Waals surface area contributed by atoms with Crippen molar-refractivity contribution in [1.29, 1.82) is 0 Å². The third kappa shape index (κ3) is 4.18. The molecule has 2 aromatic carbocycles. The van der Waals surface area contributed by atoms with Gasteiger partial charge in [0.25, 0.3) is 0 Å². The summed E-state index contributed by atoms with van der Waals surface area (Å²) in [4.78, 5) is 20.9. The topological polar surface area (TPSA) is 49.6 Å². The van der Waals surface area contributed by atoms with Crippen molar-refractivity contribution in [1.82, 2.24) is 14.8 Å². The van der Waals surface area contributed by atoms with Crippen LogP contribution in [0.5, 0.6) is 0 Å². The first kappa shape index (κ1) is 18.9. The van der Waals surface area contributed by atoms with Gasteiger partial charge in [-0.3, -0.25) is 9.69 Å². The van der Waals surface area contributed by atoms with Crippen LogP contribution in [0, 0.1) is 5.82 Å². The predicted molar refractivity (Wildman–Crippen MR) is 106 cm³/mol. The van der Waals surface area contributed by atoms with Crippen molar-refractivity contribution >= 4 is 28.6 Å². The number of hydrogen-bond donors (Lipinski definition) is 0. The summed E-state index contributed by atoms with van der Waals surface area (Å²) in [6, 6.07) is 12.3. The molecule has 0 radical (unpaired) electrons. The van der Waals surface area contributed by atoms with Gasteiger partial charge >= 0.3 is 0 Å². The van der Waals surface area contributed by atoms with E-state index in [1.165, 1.54) is 6.07 Å². The number of hydrogen-bond acceptors (Lipinski definition) is 4. The number of rotatable bonds is 5. The highest BCUT2D eigenvalue weighted by Crippen LogP contribution is 2.21. The maximum atomic E-state index is 14.0. The van der Waals surface area contributed by atoms with Crippen LogP contribution >= 0.6 is 11.6 Å². The summed E-state index contributed by atoms with van der Waals surface area (Å²) in [7, 11) is 0. The van der Waals surface area contributed by atoms with Gasteiger partial charge in [-0.25, -0.2) is 9.37 Å². The number of halogens is 2. The van der Waals surface area contributed by atoms with Crippen LogP contribution in [0.3, 0.4) is 0 Å². The molecular formula is C21H21ClFN3O2. The van der Waals surface area contributed by atoms with Crippen LogP contribution in [0.4, 0.5) is 4.39 Å². The zero-order chi connectivity index (χ0) is 19.5. The molecule has 0 spiro atoms. The van der Waals surface area contributed by atoms with Crippen molar-refractivity contribution < 1.29 is 13.6 Å². The van der Waals surface area contributed by atoms with Crippen LogP contribution < -0.4 is 0 Å². The number of nitrogens with zero attached hydrogens (tertiary/aromatic N) is 3. The summed E-state index contributed by atoms with van der Waals surface area (Å²) >= 11 is 6.11. The molecule has 1 aliphatic heterocycles. The second kappa shape index (κ2) is 8.29. The van der Waals surface area contributed by atoms with E-state index in [0.29, 0.717) is 62.0 Å². The Bertz CT molecular complexity index is 929. The largest absolute Gasteiger partial charge is 0.441 e. The Labute approximate surface area is 167 Å². The molecule has 1 amide bonds. The molecule has 5 nitrogen and oxygen atoms in total. The van der Waals surface area contributed by atoms with Crippen molar-refractivity contribution in [2.75, 3.05) is 26.2 Å². The van der Waals surface area contributed by atoms with Crippen LogP contribution in [0.15, 0.2) is 46.9 Å². The molecule has 1 aromatic heterocycles. The second-order valence-electron chi connectivity index (χ2n) is 6.93. The van der Waals surface area contributed by atoms with Gasteiger partial charge in [0.05, 0.1) is 0 Å². The lowest BCUT2D eigenvalue weighted by Gasteiger charge is -2.35.